The van der Waals surface area contributed by atoms with Crippen molar-refractivity contribution in [3.8, 4) is 0 Å². The third-order valence-corrected chi connectivity index (χ3v) is 0.667. The molecule has 0 aliphatic heterocycles. The van der Waals surface area contributed by atoms with Crippen LogP contribution in [0.2, 0.25) is 0 Å². The number of hydrogen-bond acceptors (Lipinski definition) is 0. The average Bonchev–Trinajstić information content (AvgIpc) is 1.72. The molecule has 1 heterocycles. The van der Waals surface area contributed by atoms with E-state index in [1.165, 1.54) is 0 Å². The fraction of sp³-hybridized carbons (Fsp3) is 0. The Bertz CT molecular complexity index is 84.4. The summed E-state index contributed by atoms with van der Waals surface area (Å²) in [6, 6.07) is 6.00. The normalized spacial score (nSPS) is 6.29. The van der Waals surface area contributed by atoms with E-state index in [1.54, 1.807) is 0 Å². The second kappa shape index (κ2) is 4.18. The van der Waals surface area contributed by atoms with E-state index in [4.69, 9.17) is 0 Å². The van der Waals surface area contributed by atoms with Crippen molar-refractivity contribution in [2.45, 2.75) is 0 Å². The Labute approximate surface area is 57.8 Å². The summed E-state index contributed by atoms with van der Waals surface area (Å²) in [7, 11) is 0. The van der Waals surface area contributed by atoms with E-state index in [0.29, 0.717) is 0 Å². The fourth-order valence-electron chi connectivity index (χ4n) is 0.385. The van der Waals surface area contributed by atoms with Crippen LogP contribution in [0, 0.1) is 0 Å². The zero-order valence-electron chi connectivity index (χ0n) is 5.46. The van der Waals surface area contributed by atoms with Crippen LogP contribution in [0.15, 0.2) is 30.1 Å². The van der Waals surface area contributed by atoms with Gasteiger partial charge in [-0.25, -0.2) is 0 Å². The summed E-state index contributed by atoms with van der Waals surface area (Å²) >= 11 is 0. The first-order valence-electron chi connectivity index (χ1n) is 2.00. The minimum atomic E-state index is 0. The van der Waals surface area contributed by atoms with Crippen molar-refractivity contribution in [2.24, 2.45) is 0 Å². The first-order valence-corrected chi connectivity index (χ1v) is 2.00. The Balaban J connectivity index is 0. The standard InChI is InChI=1S/C5H5B.Li.H/c1-2-4-6-5-3-1;;/h1-5H;;/q;+1;-1. The number of rotatable bonds is 0. The number of hydrogen-bond donors (Lipinski definition) is 0. The zero-order valence-corrected chi connectivity index (χ0v) is 4.46. The van der Waals surface area contributed by atoms with Crippen LogP contribution < -0.4 is 18.9 Å². The zero-order chi connectivity index (χ0) is 4.24. The molecule has 0 atom stereocenters. The van der Waals surface area contributed by atoms with Crippen LogP contribution in [0.3, 0.4) is 0 Å². The molecule has 1 rings (SSSR count). The molecule has 0 bridgehead atoms. The molecule has 7 heavy (non-hydrogen) atoms. The van der Waals surface area contributed by atoms with Crippen molar-refractivity contribution in [2.75, 3.05) is 0 Å². The van der Waals surface area contributed by atoms with Gasteiger partial charge in [-0.3, -0.25) is 0 Å². The van der Waals surface area contributed by atoms with Gasteiger partial charge in [-0.2, -0.15) is 0 Å². The van der Waals surface area contributed by atoms with Gasteiger partial charge in [0.05, 0.1) is 0 Å². The summed E-state index contributed by atoms with van der Waals surface area (Å²) in [5.41, 5.74) is 0. The Morgan fingerprint density at radius 1 is 1.00 bits per heavy atom. The van der Waals surface area contributed by atoms with Crippen LogP contribution in [-0.2, 0) is 0 Å². The summed E-state index contributed by atoms with van der Waals surface area (Å²) in [6.07, 6.45) is 0. The predicted molar refractivity (Wildman–Crippen MR) is 28.9 cm³/mol. The van der Waals surface area contributed by atoms with Gasteiger partial charge in [0.2, 0.25) is 0 Å². The molecule has 0 aromatic carbocycles. The molecule has 30 valence electrons. The molecule has 0 spiro atoms. The van der Waals surface area contributed by atoms with E-state index in [0.717, 1.165) is 0 Å². The van der Waals surface area contributed by atoms with Crippen molar-refractivity contribution in [1.82, 2.24) is 0 Å². The summed E-state index contributed by atoms with van der Waals surface area (Å²) in [4.78, 5) is 0. The molecule has 0 nitrogen and oxygen atoms in total. The Morgan fingerprint density at radius 2 is 1.57 bits per heavy atom. The van der Waals surface area contributed by atoms with E-state index < -0.39 is 0 Å². The summed E-state index contributed by atoms with van der Waals surface area (Å²) in [5.74, 6) is 4.00. The van der Waals surface area contributed by atoms with Gasteiger partial charge in [-0.15, -0.1) is 0 Å². The summed E-state index contributed by atoms with van der Waals surface area (Å²) in [6.45, 7) is 2.00. The molecule has 2 heteroatoms. The van der Waals surface area contributed by atoms with Crippen molar-refractivity contribution in [1.29, 1.82) is 0 Å². The van der Waals surface area contributed by atoms with Crippen molar-refractivity contribution < 1.29 is 20.3 Å². The van der Waals surface area contributed by atoms with E-state index in [1.807, 2.05) is 37.0 Å². The molecule has 0 N–H and O–H groups in total. The summed E-state index contributed by atoms with van der Waals surface area (Å²) in [5, 5.41) is 0. The predicted octanol–water partition coefficient (Wildman–Crippen LogP) is -1.86. The Morgan fingerprint density at radius 3 is 1.71 bits per heavy atom. The molecule has 1 aromatic heterocycles. The van der Waals surface area contributed by atoms with Crippen molar-refractivity contribution in [3.05, 3.63) is 30.1 Å². The van der Waals surface area contributed by atoms with Gasteiger partial charge in [0.15, 0.2) is 0 Å². The maximum atomic E-state index is 2.00. The maximum absolute atomic E-state index is 2.00. The molecule has 0 aliphatic carbocycles. The van der Waals surface area contributed by atoms with Crippen molar-refractivity contribution in [3.63, 3.8) is 0 Å². The van der Waals surface area contributed by atoms with Crippen LogP contribution in [-0.4, -0.2) is 6.91 Å². The molecule has 0 fully saturated rings. The van der Waals surface area contributed by atoms with E-state index in [2.05, 4.69) is 0 Å². The Kier molecular flexibility index (Phi) is 4.19. The average molecular weight is 83.9 g/mol. The first kappa shape index (κ1) is 7.01. The van der Waals surface area contributed by atoms with Crippen LogP contribution >= 0.6 is 0 Å². The monoisotopic (exact) mass is 84.1 g/mol. The third-order valence-electron chi connectivity index (χ3n) is 0.667. The van der Waals surface area contributed by atoms with Gasteiger partial charge in [0.25, 0.3) is 0 Å². The molecule has 0 amide bonds. The van der Waals surface area contributed by atoms with Crippen LogP contribution in [0.5, 0.6) is 0 Å². The van der Waals surface area contributed by atoms with Gasteiger partial charge in [-0.05, 0) is 0 Å². The molecule has 0 radical (unpaired) electrons. The molecular weight excluding hydrogens is 77.8 g/mol. The first-order chi connectivity index (χ1) is 3.00. The molecule has 0 aliphatic rings. The molecule has 1 aromatic rings. The van der Waals surface area contributed by atoms with Crippen molar-refractivity contribution >= 4 is 6.91 Å². The SMILES string of the molecule is [H-].[Li+].b1ccccc1. The van der Waals surface area contributed by atoms with Gasteiger partial charge >= 0.3 is 55.9 Å². The van der Waals surface area contributed by atoms with E-state index >= 15 is 0 Å². The minimum absolute atomic E-state index is 0. The van der Waals surface area contributed by atoms with Gasteiger partial charge in [0, 0.05) is 0 Å². The summed E-state index contributed by atoms with van der Waals surface area (Å²) < 4.78 is 0. The topological polar surface area (TPSA) is 0 Å². The van der Waals surface area contributed by atoms with Gasteiger partial charge in [-0.1, -0.05) is 0 Å². The van der Waals surface area contributed by atoms with E-state index in [9.17, 15) is 0 Å². The van der Waals surface area contributed by atoms with E-state index in [-0.39, 0.29) is 20.3 Å². The van der Waals surface area contributed by atoms with Crippen LogP contribution in [0.25, 0.3) is 0 Å². The Hall–Kier alpha value is 0.0123. The molecule has 0 saturated carbocycles. The molecular formula is C5H6BLi. The van der Waals surface area contributed by atoms with Crippen LogP contribution in [0.1, 0.15) is 1.43 Å². The second-order valence-electron chi connectivity index (χ2n) is 1.15. The quantitative estimate of drug-likeness (QED) is 0.323. The second-order valence-corrected chi connectivity index (χ2v) is 1.15. The molecule has 0 saturated heterocycles. The fourth-order valence-corrected chi connectivity index (χ4v) is 0.385. The van der Waals surface area contributed by atoms with Gasteiger partial charge < -0.3 is 1.43 Å². The molecule has 0 unspecified atom stereocenters. The van der Waals surface area contributed by atoms with Crippen LogP contribution in [0.4, 0.5) is 0 Å². The third kappa shape index (κ3) is 2.68. The van der Waals surface area contributed by atoms with Gasteiger partial charge in [0.1, 0.15) is 0 Å².